The molecule has 1 unspecified atom stereocenters. The fourth-order valence-electron chi connectivity index (χ4n) is 3.73. The van der Waals surface area contributed by atoms with Gasteiger partial charge in [0.1, 0.15) is 11.6 Å². The van der Waals surface area contributed by atoms with Gasteiger partial charge in [-0.05, 0) is 53.4 Å². The third kappa shape index (κ3) is 7.03. The molecular formula is C20H35N3O4. The Kier molecular flexibility index (Phi) is 7.50. The maximum absolute atomic E-state index is 12.6. The minimum Gasteiger partial charge on any atom is -0.444 e. The molecule has 0 bridgehead atoms. The minimum atomic E-state index is -0.665. The monoisotopic (exact) mass is 381 g/mol. The smallest absolute Gasteiger partial charge is 0.408 e. The molecule has 0 aromatic carbocycles. The minimum absolute atomic E-state index is 0.0378. The first-order chi connectivity index (χ1) is 12.7. The van der Waals surface area contributed by atoms with Gasteiger partial charge in [0.25, 0.3) is 0 Å². The van der Waals surface area contributed by atoms with Crippen LogP contribution in [-0.2, 0) is 14.3 Å². The molecule has 7 heteroatoms. The number of piperidine rings is 1. The first-order valence-electron chi connectivity index (χ1n) is 10.2. The van der Waals surface area contributed by atoms with Gasteiger partial charge >= 0.3 is 6.09 Å². The van der Waals surface area contributed by atoms with Crippen LogP contribution in [0.3, 0.4) is 0 Å². The van der Waals surface area contributed by atoms with Crippen molar-refractivity contribution in [3.05, 3.63) is 0 Å². The number of nitrogens with zero attached hydrogens (tertiary/aromatic N) is 1. The fraction of sp³-hybridized carbons (Fsp3) is 0.850. The molecule has 154 valence electrons. The number of amides is 3. The number of carbonyl (C=O) groups excluding carboxylic acids is 3. The summed E-state index contributed by atoms with van der Waals surface area (Å²) in [7, 11) is 0. The van der Waals surface area contributed by atoms with Crippen molar-refractivity contribution < 1.29 is 19.1 Å². The van der Waals surface area contributed by atoms with E-state index >= 15 is 0 Å². The number of alkyl carbamates (subject to hydrolysis) is 1. The van der Waals surface area contributed by atoms with E-state index in [0.29, 0.717) is 19.0 Å². The van der Waals surface area contributed by atoms with Crippen molar-refractivity contribution in [2.24, 2.45) is 5.92 Å². The van der Waals surface area contributed by atoms with Crippen LogP contribution in [0.2, 0.25) is 0 Å². The molecule has 1 heterocycles. The van der Waals surface area contributed by atoms with Crippen LogP contribution in [0, 0.1) is 5.92 Å². The van der Waals surface area contributed by atoms with E-state index in [9.17, 15) is 14.4 Å². The van der Waals surface area contributed by atoms with Crippen molar-refractivity contribution in [1.82, 2.24) is 15.5 Å². The third-order valence-corrected chi connectivity index (χ3v) is 5.23. The number of hydrogen-bond acceptors (Lipinski definition) is 4. The highest BCUT2D eigenvalue weighted by atomic mass is 16.6. The number of carbonyl (C=O) groups is 3. The summed E-state index contributed by atoms with van der Waals surface area (Å²) in [5, 5.41) is 5.54. The van der Waals surface area contributed by atoms with Gasteiger partial charge in [0.2, 0.25) is 11.8 Å². The second-order valence-corrected chi connectivity index (χ2v) is 8.81. The van der Waals surface area contributed by atoms with Gasteiger partial charge in [0, 0.05) is 25.0 Å². The predicted molar refractivity (Wildman–Crippen MR) is 103 cm³/mol. The zero-order valence-corrected chi connectivity index (χ0v) is 17.2. The molecular weight excluding hydrogens is 346 g/mol. The molecule has 1 aliphatic carbocycles. The standard InChI is InChI=1S/C20H35N3O4/c1-14(21-19(26)27-20(2,3)4)17(24)22-16-10-12-23(13-11-16)18(25)15-8-6-5-7-9-15/h14-16H,5-13H2,1-4H3,(H,21,26)(H,22,24). The molecule has 1 atom stereocenters. The zero-order chi connectivity index (χ0) is 20.0. The number of ether oxygens (including phenoxy) is 1. The summed E-state index contributed by atoms with van der Waals surface area (Å²) >= 11 is 0. The molecule has 0 aromatic rings. The molecule has 0 spiro atoms. The lowest BCUT2D eigenvalue weighted by molar-refractivity contribution is -0.137. The highest BCUT2D eigenvalue weighted by molar-refractivity contribution is 5.85. The van der Waals surface area contributed by atoms with Crippen LogP contribution in [-0.4, -0.2) is 53.6 Å². The molecule has 3 amide bonds. The molecule has 2 aliphatic rings. The highest BCUT2D eigenvalue weighted by Gasteiger charge is 2.30. The van der Waals surface area contributed by atoms with E-state index in [1.54, 1.807) is 27.7 Å². The molecule has 2 rings (SSSR count). The summed E-state index contributed by atoms with van der Waals surface area (Å²) in [6.45, 7) is 8.35. The Hall–Kier alpha value is -1.79. The Morgan fingerprint density at radius 2 is 1.59 bits per heavy atom. The molecule has 1 aliphatic heterocycles. The van der Waals surface area contributed by atoms with Crippen molar-refractivity contribution in [3.8, 4) is 0 Å². The van der Waals surface area contributed by atoms with Crippen LogP contribution in [0.1, 0.15) is 72.6 Å². The number of nitrogens with one attached hydrogen (secondary N) is 2. The number of rotatable bonds is 4. The summed E-state index contributed by atoms with van der Waals surface area (Å²) in [6.07, 6.45) is 6.50. The Morgan fingerprint density at radius 3 is 2.15 bits per heavy atom. The van der Waals surface area contributed by atoms with Crippen molar-refractivity contribution in [3.63, 3.8) is 0 Å². The van der Waals surface area contributed by atoms with Crippen LogP contribution in [0.25, 0.3) is 0 Å². The average molecular weight is 382 g/mol. The third-order valence-electron chi connectivity index (χ3n) is 5.23. The second-order valence-electron chi connectivity index (χ2n) is 8.81. The van der Waals surface area contributed by atoms with Crippen LogP contribution >= 0.6 is 0 Å². The molecule has 2 fully saturated rings. The SMILES string of the molecule is CC(NC(=O)OC(C)(C)C)C(=O)NC1CCN(C(=O)C2CCCCC2)CC1. The molecule has 7 nitrogen and oxygen atoms in total. The average Bonchev–Trinajstić information content (AvgIpc) is 2.60. The first kappa shape index (κ1) is 21.5. The first-order valence-corrected chi connectivity index (χ1v) is 10.2. The van der Waals surface area contributed by atoms with Crippen LogP contribution in [0.5, 0.6) is 0 Å². The van der Waals surface area contributed by atoms with Crippen molar-refractivity contribution in [2.75, 3.05) is 13.1 Å². The van der Waals surface area contributed by atoms with Gasteiger partial charge in [0.05, 0.1) is 0 Å². The lowest BCUT2D eigenvalue weighted by atomic mass is 9.87. The largest absolute Gasteiger partial charge is 0.444 e. The van der Waals surface area contributed by atoms with Gasteiger partial charge in [-0.2, -0.15) is 0 Å². The highest BCUT2D eigenvalue weighted by Crippen LogP contribution is 2.26. The molecule has 0 radical (unpaired) electrons. The van der Waals surface area contributed by atoms with Gasteiger partial charge in [-0.3, -0.25) is 9.59 Å². The summed E-state index contributed by atoms with van der Waals surface area (Å²) in [5.41, 5.74) is -0.599. The van der Waals surface area contributed by atoms with Crippen LogP contribution < -0.4 is 10.6 Å². The maximum Gasteiger partial charge on any atom is 0.408 e. The van der Waals surface area contributed by atoms with Gasteiger partial charge in [-0.1, -0.05) is 19.3 Å². The second kappa shape index (κ2) is 9.42. The Morgan fingerprint density at radius 1 is 1.00 bits per heavy atom. The van der Waals surface area contributed by atoms with E-state index in [2.05, 4.69) is 10.6 Å². The summed E-state index contributed by atoms with van der Waals surface area (Å²) < 4.78 is 5.17. The number of likely N-dealkylation sites (tertiary alicyclic amines) is 1. The fourth-order valence-corrected chi connectivity index (χ4v) is 3.73. The van der Waals surface area contributed by atoms with E-state index < -0.39 is 17.7 Å². The lowest BCUT2D eigenvalue weighted by Gasteiger charge is -2.35. The normalized spacial score (nSPS) is 20.7. The van der Waals surface area contributed by atoms with E-state index in [1.165, 1.54) is 6.42 Å². The molecule has 1 saturated heterocycles. The van der Waals surface area contributed by atoms with Crippen LogP contribution in [0.15, 0.2) is 0 Å². The maximum atomic E-state index is 12.6. The summed E-state index contributed by atoms with van der Waals surface area (Å²) in [5.74, 6) is 0.264. The Bertz CT molecular complexity index is 530. The van der Waals surface area contributed by atoms with E-state index in [4.69, 9.17) is 4.74 Å². The van der Waals surface area contributed by atoms with Gasteiger partial charge in [-0.25, -0.2) is 4.79 Å². The van der Waals surface area contributed by atoms with Crippen LogP contribution in [0.4, 0.5) is 4.79 Å². The Balaban J connectivity index is 1.72. The summed E-state index contributed by atoms with van der Waals surface area (Å²) in [4.78, 5) is 38.7. The van der Waals surface area contributed by atoms with Gasteiger partial charge in [-0.15, -0.1) is 0 Å². The topological polar surface area (TPSA) is 87.7 Å². The molecule has 1 saturated carbocycles. The molecule has 27 heavy (non-hydrogen) atoms. The van der Waals surface area contributed by atoms with E-state index in [1.807, 2.05) is 4.90 Å². The van der Waals surface area contributed by atoms with Crippen molar-refractivity contribution in [2.45, 2.75) is 90.3 Å². The van der Waals surface area contributed by atoms with Crippen molar-refractivity contribution >= 4 is 17.9 Å². The van der Waals surface area contributed by atoms with Gasteiger partial charge in [0.15, 0.2) is 0 Å². The number of hydrogen-bond donors (Lipinski definition) is 2. The van der Waals surface area contributed by atoms with Crippen molar-refractivity contribution in [1.29, 1.82) is 0 Å². The zero-order valence-electron chi connectivity index (χ0n) is 17.2. The molecule has 0 aromatic heterocycles. The summed E-state index contributed by atoms with van der Waals surface area (Å²) in [6, 6.07) is -0.627. The quantitative estimate of drug-likeness (QED) is 0.783. The predicted octanol–water partition coefficient (Wildman–Crippen LogP) is 2.59. The van der Waals surface area contributed by atoms with E-state index in [-0.39, 0.29) is 17.9 Å². The van der Waals surface area contributed by atoms with Gasteiger partial charge < -0.3 is 20.3 Å². The Labute approximate surface area is 162 Å². The van der Waals surface area contributed by atoms with E-state index in [0.717, 1.165) is 38.5 Å². The molecule has 2 N–H and O–H groups in total. The lowest BCUT2D eigenvalue weighted by Crippen LogP contribution is -2.52.